The SMILES string of the molecule is COC(=O)c1ccc2cc(N3CCC[Si@@H]3C)nn2c1. The van der Waals surface area contributed by atoms with Crippen molar-refractivity contribution in [2.75, 3.05) is 18.2 Å². The molecular weight excluding hydrogens is 258 g/mol. The van der Waals surface area contributed by atoms with Gasteiger partial charge in [0.25, 0.3) is 0 Å². The number of ether oxygens (including phenoxy) is 1. The summed E-state index contributed by atoms with van der Waals surface area (Å²) in [6.07, 6.45) is 3.00. The summed E-state index contributed by atoms with van der Waals surface area (Å²) in [5.41, 5.74) is 1.53. The minimum absolute atomic E-state index is 0.331. The molecule has 0 amide bonds. The number of esters is 1. The number of carbonyl (C=O) groups excluding carboxylic acids is 1. The molecule has 1 atom stereocenters. The van der Waals surface area contributed by atoms with Crippen LogP contribution >= 0.6 is 0 Å². The molecule has 1 fully saturated rings. The average Bonchev–Trinajstić information content (AvgIpc) is 3.02. The quantitative estimate of drug-likeness (QED) is 0.618. The summed E-state index contributed by atoms with van der Waals surface area (Å²) in [4.78, 5) is 11.5. The van der Waals surface area contributed by atoms with Crippen LogP contribution < -0.4 is 4.57 Å². The maximum absolute atomic E-state index is 11.5. The largest absolute Gasteiger partial charge is 0.465 e. The minimum atomic E-state index is -0.820. The number of aromatic nitrogens is 2. The molecule has 19 heavy (non-hydrogen) atoms. The van der Waals surface area contributed by atoms with Gasteiger partial charge in [-0.25, -0.2) is 9.31 Å². The van der Waals surface area contributed by atoms with E-state index in [-0.39, 0.29) is 5.97 Å². The van der Waals surface area contributed by atoms with Crippen LogP contribution in [0.1, 0.15) is 16.8 Å². The van der Waals surface area contributed by atoms with E-state index >= 15 is 0 Å². The topological polar surface area (TPSA) is 46.8 Å². The number of fused-ring (bicyclic) bond motifs is 1. The summed E-state index contributed by atoms with van der Waals surface area (Å²) in [6, 6.07) is 7.12. The van der Waals surface area contributed by atoms with Crippen molar-refractivity contribution in [2.45, 2.75) is 19.0 Å². The van der Waals surface area contributed by atoms with Crippen LogP contribution in [0.5, 0.6) is 0 Å². The van der Waals surface area contributed by atoms with Gasteiger partial charge in [0.1, 0.15) is 14.8 Å². The summed E-state index contributed by atoms with van der Waals surface area (Å²) < 4.78 is 8.94. The lowest BCUT2D eigenvalue weighted by molar-refractivity contribution is 0.0600. The Labute approximate surface area is 113 Å². The minimum Gasteiger partial charge on any atom is -0.465 e. The smallest absolute Gasteiger partial charge is 0.339 e. The first-order chi connectivity index (χ1) is 9.19. The summed E-state index contributed by atoms with van der Waals surface area (Å²) >= 11 is 0. The van der Waals surface area contributed by atoms with E-state index in [1.165, 1.54) is 19.6 Å². The molecule has 1 aliphatic rings. The molecule has 0 unspecified atom stereocenters. The molecule has 2 aromatic heterocycles. The average molecular weight is 275 g/mol. The Hall–Kier alpha value is -1.82. The first kappa shape index (κ1) is 12.2. The number of anilines is 1. The number of nitrogens with zero attached hydrogens (tertiary/aromatic N) is 3. The predicted octanol–water partition coefficient (Wildman–Crippen LogP) is 1.68. The molecule has 100 valence electrons. The molecule has 6 heteroatoms. The number of pyridine rings is 1. The standard InChI is InChI=1S/C13H17N3O2Si/c1-18-13(17)10-4-5-11-8-12(14-15(11)9-10)16-6-3-7-19(16)2/h4-5,8-9,19H,3,6-7H2,1-2H3/t19-/m0/s1. The highest BCUT2D eigenvalue weighted by Gasteiger charge is 2.24. The molecule has 1 saturated heterocycles. The van der Waals surface area contributed by atoms with E-state index in [0.29, 0.717) is 5.56 Å². The fourth-order valence-corrected chi connectivity index (χ4v) is 4.91. The van der Waals surface area contributed by atoms with Crippen LogP contribution in [0.15, 0.2) is 24.4 Å². The van der Waals surface area contributed by atoms with E-state index in [1.54, 1.807) is 16.8 Å². The van der Waals surface area contributed by atoms with E-state index in [4.69, 9.17) is 4.74 Å². The van der Waals surface area contributed by atoms with E-state index in [2.05, 4.69) is 22.3 Å². The fraction of sp³-hybridized carbons (Fsp3) is 0.385. The first-order valence-corrected chi connectivity index (χ1v) is 9.02. The third-order valence-corrected chi connectivity index (χ3v) is 6.55. The first-order valence-electron chi connectivity index (χ1n) is 6.53. The normalized spacial score (nSPS) is 19.1. The zero-order valence-electron chi connectivity index (χ0n) is 11.2. The lowest BCUT2D eigenvalue weighted by Crippen LogP contribution is -2.30. The highest BCUT2D eigenvalue weighted by molar-refractivity contribution is 6.62. The summed E-state index contributed by atoms with van der Waals surface area (Å²) in [6.45, 7) is 3.47. The lowest BCUT2D eigenvalue weighted by atomic mass is 10.3. The van der Waals surface area contributed by atoms with Crippen molar-refractivity contribution in [3.8, 4) is 0 Å². The zero-order valence-corrected chi connectivity index (χ0v) is 12.3. The van der Waals surface area contributed by atoms with Crippen molar-refractivity contribution < 1.29 is 9.53 Å². The molecule has 2 aromatic rings. The molecule has 0 aliphatic carbocycles. The van der Waals surface area contributed by atoms with Crippen LogP contribution in [0.2, 0.25) is 12.6 Å². The van der Waals surface area contributed by atoms with Crippen molar-refractivity contribution in [2.24, 2.45) is 0 Å². The van der Waals surface area contributed by atoms with Gasteiger partial charge in [0.2, 0.25) is 0 Å². The molecule has 0 N–H and O–H groups in total. The Bertz CT molecular complexity index is 625. The number of hydrogen-bond acceptors (Lipinski definition) is 4. The molecule has 1 aliphatic heterocycles. The molecule has 0 aromatic carbocycles. The summed E-state index contributed by atoms with van der Waals surface area (Å²) in [5.74, 6) is 0.710. The molecule has 0 saturated carbocycles. The van der Waals surface area contributed by atoms with Crippen LogP contribution in [0.3, 0.4) is 0 Å². The highest BCUT2D eigenvalue weighted by atomic mass is 28.3. The molecule has 0 radical (unpaired) electrons. The molecule has 3 heterocycles. The van der Waals surface area contributed by atoms with Crippen molar-refractivity contribution in [3.63, 3.8) is 0 Å². The second-order valence-electron chi connectivity index (χ2n) is 4.97. The van der Waals surface area contributed by atoms with E-state index in [1.807, 2.05) is 6.07 Å². The van der Waals surface area contributed by atoms with E-state index in [9.17, 15) is 4.79 Å². The van der Waals surface area contributed by atoms with Gasteiger partial charge in [-0.1, -0.05) is 6.55 Å². The molecule has 0 spiro atoms. The Morgan fingerprint density at radius 1 is 1.47 bits per heavy atom. The number of rotatable bonds is 2. The van der Waals surface area contributed by atoms with Gasteiger partial charge in [-0.05, 0) is 24.6 Å². The third-order valence-electron chi connectivity index (χ3n) is 3.72. The van der Waals surface area contributed by atoms with Gasteiger partial charge >= 0.3 is 5.97 Å². The van der Waals surface area contributed by atoms with Crippen molar-refractivity contribution >= 4 is 26.3 Å². The van der Waals surface area contributed by atoms with Crippen molar-refractivity contribution in [1.82, 2.24) is 9.61 Å². The predicted molar refractivity (Wildman–Crippen MR) is 76.3 cm³/mol. The maximum atomic E-state index is 11.5. The monoisotopic (exact) mass is 275 g/mol. The Morgan fingerprint density at radius 3 is 3.00 bits per heavy atom. The van der Waals surface area contributed by atoms with Gasteiger partial charge in [-0.3, -0.25) is 0 Å². The highest BCUT2D eigenvalue weighted by Crippen LogP contribution is 2.24. The Morgan fingerprint density at radius 2 is 2.32 bits per heavy atom. The number of hydrogen-bond donors (Lipinski definition) is 0. The van der Waals surface area contributed by atoms with Gasteiger partial charge in [0.05, 0.1) is 18.2 Å². The van der Waals surface area contributed by atoms with Gasteiger partial charge in [-0.15, -0.1) is 0 Å². The van der Waals surface area contributed by atoms with Crippen LogP contribution in [0.25, 0.3) is 5.52 Å². The van der Waals surface area contributed by atoms with E-state index < -0.39 is 8.96 Å². The van der Waals surface area contributed by atoms with Crippen molar-refractivity contribution in [1.29, 1.82) is 0 Å². The van der Waals surface area contributed by atoms with E-state index in [0.717, 1.165) is 17.9 Å². The summed E-state index contributed by atoms with van der Waals surface area (Å²) in [5, 5.41) is 4.59. The maximum Gasteiger partial charge on any atom is 0.339 e. The molecular formula is C13H17N3O2Si. The molecule has 3 rings (SSSR count). The second kappa shape index (κ2) is 4.69. The lowest BCUT2D eigenvalue weighted by Gasteiger charge is -2.19. The van der Waals surface area contributed by atoms with Gasteiger partial charge in [-0.2, -0.15) is 5.10 Å². The number of methoxy groups -OCH3 is 1. The zero-order chi connectivity index (χ0) is 13.4. The fourth-order valence-electron chi connectivity index (χ4n) is 2.63. The van der Waals surface area contributed by atoms with Gasteiger partial charge < -0.3 is 9.30 Å². The Kier molecular flexibility index (Phi) is 3.02. The van der Waals surface area contributed by atoms with Crippen LogP contribution in [-0.4, -0.2) is 38.2 Å². The van der Waals surface area contributed by atoms with Crippen LogP contribution in [0.4, 0.5) is 5.82 Å². The molecule has 0 bridgehead atoms. The Balaban J connectivity index is 1.98. The number of carbonyl (C=O) groups is 1. The second-order valence-corrected chi connectivity index (χ2v) is 7.86. The summed E-state index contributed by atoms with van der Waals surface area (Å²) in [7, 11) is 0.567. The third kappa shape index (κ3) is 2.12. The van der Waals surface area contributed by atoms with Crippen LogP contribution in [0, 0.1) is 0 Å². The van der Waals surface area contributed by atoms with Crippen LogP contribution in [-0.2, 0) is 4.74 Å². The van der Waals surface area contributed by atoms with Gasteiger partial charge in [0.15, 0.2) is 0 Å². The molecule has 5 nitrogen and oxygen atoms in total. The van der Waals surface area contributed by atoms with Crippen molar-refractivity contribution in [3.05, 3.63) is 30.0 Å². The van der Waals surface area contributed by atoms with Gasteiger partial charge in [0, 0.05) is 18.8 Å².